The Bertz CT molecular complexity index is 1390. The van der Waals surface area contributed by atoms with Crippen LogP contribution in [0.5, 0.6) is 0 Å². The maximum atomic E-state index is 14.5. The van der Waals surface area contributed by atoms with Crippen molar-refractivity contribution in [3.8, 4) is 5.82 Å². The smallest absolute Gasteiger partial charge is 0.381 e. The molecule has 0 amide bonds. The van der Waals surface area contributed by atoms with Crippen LogP contribution in [0.1, 0.15) is 51.2 Å². The van der Waals surface area contributed by atoms with Gasteiger partial charge in [0, 0.05) is 45.0 Å². The van der Waals surface area contributed by atoms with Gasteiger partial charge in [-0.25, -0.2) is 9.67 Å². The first-order chi connectivity index (χ1) is 19.8. The van der Waals surface area contributed by atoms with Gasteiger partial charge in [0.05, 0.1) is 42.5 Å². The summed E-state index contributed by atoms with van der Waals surface area (Å²) in [6, 6.07) is 2.30. The minimum atomic E-state index is -4.43. The Balaban J connectivity index is 1.37. The first kappa shape index (κ1) is 27.7. The van der Waals surface area contributed by atoms with E-state index in [1.165, 1.54) is 12.0 Å². The van der Waals surface area contributed by atoms with Crippen molar-refractivity contribution in [2.24, 2.45) is 0 Å². The number of hydrogen-bond donors (Lipinski definition) is 0. The van der Waals surface area contributed by atoms with Crippen LogP contribution in [-0.4, -0.2) is 88.4 Å². The van der Waals surface area contributed by atoms with Crippen molar-refractivity contribution in [3.05, 3.63) is 22.0 Å². The molecule has 0 aromatic carbocycles. The Morgan fingerprint density at radius 2 is 1.85 bits per heavy atom. The summed E-state index contributed by atoms with van der Waals surface area (Å²) in [6.45, 7) is 2.07. The molecule has 0 N–H and O–H groups in total. The molecule has 4 saturated heterocycles. The molecule has 10 nitrogen and oxygen atoms in total. The second-order valence-electron chi connectivity index (χ2n) is 11.3. The maximum Gasteiger partial charge on any atom is 0.408 e. The summed E-state index contributed by atoms with van der Waals surface area (Å²) >= 11 is 2.11. The van der Waals surface area contributed by atoms with Crippen molar-refractivity contribution in [3.63, 3.8) is 0 Å². The Labute approximate surface area is 249 Å². The number of hydrogen-bond acceptors (Lipinski definition) is 8. The third-order valence-corrected chi connectivity index (χ3v) is 9.66. The largest absolute Gasteiger partial charge is 0.408 e. The predicted molar refractivity (Wildman–Crippen MR) is 154 cm³/mol. The number of morpholine rings is 1. The third kappa shape index (κ3) is 4.97. The van der Waals surface area contributed by atoms with Crippen LogP contribution in [0.25, 0.3) is 16.9 Å². The molecule has 14 heteroatoms. The summed E-state index contributed by atoms with van der Waals surface area (Å²) in [6.07, 6.45) is 2.14. The maximum absolute atomic E-state index is 14.5. The Kier molecular flexibility index (Phi) is 7.30. The first-order valence-electron chi connectivity index (χ1n) is 14.3. The molecule has 5 atom stereocenters. The van der Waals surface area contributed by atoms with Gasteiger partial charge in [-0.05, 0) is 61.1 Å². The van der Waals surface area contributed by atoms with E-state index in [0.29, 0.717) is 58.3 Å². The topological polar surface area (TPSA) is 82.7 Å². The van der Waals surface area contributed by atoms with E-state index in [9.17, 15) is 13.2 Å². The van der Waals surface area contributed by atoms with E-state index < -0.39 is 18.3 Å². The molecule has 7 rings (SSSR count). The molecule has 3 aromatic heterocycles. The number of anilines is 2. The molecule has 41 heavy (non-hydrogen) atoms. The van der Waals surface area contributed by atoms with Gasteiger partial charge in [-0.3, -0.25) is 0 Å². The highest BCUT2D eigenvalue weighted by Crippen LogP contribution is 2.43. The van der Waals surface area contributed by atoms with Gasteiger partial charge < -0.3 is 24.0 Å². The summed E-state index contributed by atoms with van der Waals surface area (Å²) in [5.41, 5.74) is 0.996. The highest BCUT2D eigenvalue weighted by atomic mass is 127. The fourth-order valence-corrected chi connectivity index (χ4v) is 7.58. The lowest BCUT2D eigenvalue weighted by atomic mass is 9.97. The van der Waals surface area contributed by atoms with E-state index in [0.717, 1.165) is 32.1 Å². The summed E-state index contributed by atoms with van der Waals surface area (Å²) < 4.78 is 64.7. The van der Waals surface area contributed by atoms with Crippen LogP contribution in [0.2, 0.25) is 0 Å². The minimum Gasteiger partial charge on any atom is -0.381 e. The molecular weight excluding hydrogens is 654 g/mol. The number of fused-ring (bicyclic) bond motifs is 3. The number of methoxy groups -OCH3 is 1. The van der Waals surface area contributed by atoms with Crippen molar-refractivity contribution < 1.29 is 27.4 Å². The van der Waals surface area contributed by atoms with Gasteiger partial charge in [0.1, 0.15) is 21.8 Å². The molecule has 0 spiro atoms. The lowest BCUT2D eigenvalue weighted by Gasteiger charge is -2.42. The van der Waals surface area contributed by atoms with Crippen LogP contribution in [0.4, 0.5) is 24.7 Å². The first-order valence-corrected chi connectivity index (χ1v) is 15.4. The normalized spacial score (nSPS) is 29.0. The molecule has 4 aliphatic heterocycles. The van der Waals surface area contributed by atoms with Crippen LogP contribution < -0.4 is 9.80 Å². The molecule has 3 aromatic rings. The van der Waals surface area contributed by atoms with E-state index in [4.69, 9.17) is 29.4 Å². The Morgan fingerprint density at radius 3 is 2.56 bits per heavy atom. The van der Waals surface area contributed by atoms with E-state index in [1.54, 1.807) is 9.36 Å². The molecule has 4 unspecified atom stereocenters. The molecular formula is C27H33F3IN7O3. The second kappa shape index (κ2) is 10.8. The molecule has 0 aliphatic carbocycles. The van der Waals surface area contributed by atoms with Crippen molar-refractivity contribution in [2.75, 3.05) is 43.3 Å². The van der Waals surface area contributed by atoms with Gasteiger partial charge in [-0.15, -0.1) is 0 Å². The molecule has 4 fully saturated rings. The SMILES string of the molecule is COC1CCN(c2cc(N3C4CCC3COC4)nc3c2c(I)nn3-c2ccn(C3CCCCO3)n2)[C@H](C(F)(F)F)C1. The average molecular weight is 688 g/mol. The van der Waals surface area contributed by atoms with Crippen LogP contribution in [-0.2, 0) is 14.2 Å². The fraction of sp³-hybridized carbons (Fsp3) is 0.667. The van der Waals surface area contributed by atoms with E-state index >= 15 is 0 Å². The van der Waals surface area contributed by atoms with Crippen LogP contribution in [0.15, 0.2) is 18.3 Å². The highest BCUT2D eigenvalue weighted by molar-refractivity contribution is 14.1. The van der Waals surface area contributed by atoms with Crippen molar-refractivity contribution >= 4 is 45.1 Å². The van der Waals surface area contributed by atoms with Crippen molar-refractivity contribution in [1.29, 1.82) is 0 Å². The molecule has 4 aliphatic rings. The fourth-order valence-electron chi connectivity index (χ4n) is 6.84. The Hall–Kier alpha value is -2.17. The van der Waals surface area contributed by atoms with Gasteiger partial charge in [0.15, 0.2) is 11.5 Å². The number of aromatic nitrogens is 5. The van der Waals surface area contributed by atoms with Gasteiger partial charge in [-0.2, -0.15) is 28.1 Å². The zero-order valence-electron chi connectivity index (χ0n) is 22.8. The molecule has 7 heterocycles. The molecule has 0 saturated carbocycles. The van der Waals surface area contributed by atoms with Crippen LogP contribution >= 0.6 is 22.6 Å². The standard InChI is InChI=1S/C27H33F3IN7O3/c1-39-18-7-9-35(20(12-18)27(28,29)30)19-13-22(37-16-5-6-17(37)15-40-14-16)32-26-24(19)25(31)34-38(26)21-8-10-36(33-21)23-4-2-3-11-41-23/h8,10,13,16-18,20,23H,2-7,9,11-12,14-15H2,1H3/t16?,17?,18?,20-,23?/m0/s1. The number of pyridine rings is 1. The zero-order chi connectivity index (χ0) is 28.3. The zero-order valence-corrected chi connectivity index (χ0v) is 24.9. The van der Waals surface area contributed by atoms with E-state index in [1.807, 2.05) is 18.3 Å². The van der Waals surface area contributed by atoms with Gasteiger partial charge in [0.25, 0.3) is 0 Å². The van der Waals surface area contributed by atoms with Gasteiger partial charge in [-0.1, -0.05) is 0 Å². The molecule has 2 bridgehead atoms. The highest BCUT2D eigenvalue weighted by Gasteiger charge is 2.48. The second-order valence-corrected chi connectivity index (χ2v) is 12.4. The quantitative estimate of drug-likeness (QED) is 0.353. The minimum absolute atomic E-state index is 0.127. The predicted octanol–water partition coefficient (Wildman–Crippen LogP) is 4.83. The third-order valence-electron chi connectivity index (χ3n) is 8.90. The van der Waals surface area contributed by atoms with Crippen LogP contribution in [0, 0.1) is 3.70 Å². The van der Waals surface area contributed by atoms with Gasteiger partial charge >= 0.3 is 6.18 Å². The van der Waals surface area contributed by atoms with Crippen LogP contribution in [0.3, 0.4) is 0 Å². The molecule has 222 valence electrons. The number of ether oxygens (including phenoxy) is 3. The van der Waals surface area contributed by atoms with Gasteiger partial charge in [0.2, 0.25) is 0 Å². The monoisotopic (exact) mass is 687 g/mol. The molecule has 0 radical (unpaired) electrons. The number of piperidine rings is 1. The summed E-state index contributed by atoms with van der Waals surface area (Å²) in [5, 5.41) is 10.2. The van der Waals surface area contributed by atoms with Crippen molar-refractivity contribution in [1.82, 2.24) is 24.5 Å². The number of alkyl halides is 3. The summed E-state index contributed by atoms with van der Waals surface area (Å²) in [4.78, 5) is 8.83. The summed E-state index contributed by atoms with van der Waals surface area (Å²) in [5.74, 6) is 1.21. The van der Waals surface area contributed by atoms with E-state index in [-0.39, 0.29) is 31.3 Å². The number of rotatable bonds is 5. The number of halogens is 4. The lowest BCUT2D eigenvalue weighted by molar-refractivity contribution is -0.160. The lowest BCUT2D eigenvalue weighted by Crippen LogP contribution is -2.53. The Morgan fingerprint density at radius 1 is 1.05 bits per heavy atom. The summed E-state index contributed by atoms with van der Waals surface area (Å²) in [7, 11) is 1.48. The van der Waals surface area contributed by atoms with Crippen molar-refractivity contribution in [2.45, 2.75) is 81.6 Å². The van der Waals surface area contributed by atoms with E-state index in [2.05, 4.69) is 27.5 Å². The number of nitrogens with zero attached hydrogens (tertiary/aromatic N) is 7. The average Bonchev–Trinajstić information content (AvgIpc) is 3.66.